The van der Waals surface area contributed by atoms with Crippen molar-refractivity contribution in [2.75, 3.05) is 33.8 Å². The van der Waals surface area contributed by atoms with E-state index in [9.17, 15) is 23.9 Å². The third-order valence-electron chi connectivity index (χ3n) is 6.93. The van der Waals surface area contributed by atoms with Crippen LogP contribution in [-0.2, 0) is 17.8 Å². The maximum atomic E-state index is 14.9. The molecule has 39 heavy (non-hydrogen) atoms. The van der Waals surface area contributed by atoms with Crippen LogP contribution in [0.1, 0.15) is 38.8 Å². The molecule has 0 saturated carbocycles. The first-order chi connectivity index (χ1) is 18.7. The minimum atomic E-state index is -0.901. The summed E-state index contributed by atoms with van der Waals surface area (Å²) in [7, 11) is 2.94. The molecule has 1 heterocycles. The Morgan fingerprint density at radius 3 is 2.46 bits per heavy atom. The van der Waals surface area contributed by atoms with Crippen molar-refractivity contribution in [2.45, 2.75) is 26.1 Å². The molecule has 1 aliphatic heterocycles. The number of nitrogens with zero attached hydrogens (tertiary/aromatic N) is 3. The number of carboxylic acid groups (broad SMARTS) is 1. The summed E-state index contributed by atoms with van der Waals surface area (Å²) < 4.78 is 19.7. The van der Waals surface area contributed by atoms with Gasteiger partial charge in [0.2, 0.25) is 0 Å². The monoisotopic (exact) mass is 533 g/mol. The van der Waals surface area contributed by atoms with Crippen LogP contribution in [0, 0.1) is 5.82 Å². The summed E-state index contributed by atoms with van der Waals surface area (Å²) in [6, 6.07) is 18.7. The molecule has 1 aliphatic rings. The number of piperazine rings is 1. The lowest BCUT2D eigenvalue weighted by Gasteiger charge is -2.38. The summed E-state index contributed by atoms with van der Waals surface area (Å²) in [6.45, 7) is 4.49. The fourth-order valence-electron chi connectivity index (χ4n) is 4.91. The molecule has 0 bridgehead atoms. The summed E-state index contributed by atoms with van der Waals surface area (Å²) in [5, 5.41) is 9.31. The quantitative estimate of drug-likeness (QED) is 0.442. The molecule has 4 rings (SSSR count). The number of hydrogen-bond acceptors (Lipinski definition) is 5. The Balaban J connectivity index is 1.47. The van der Waals surface area contributed by atoms with Gasteiger partial charge in [0.25, 0.3) is 5.91 Å². The summed E-state index contributed by atoms with van der Waals surface area (Å²) in [4.78, 5) is 41.4. The number of ether oxygens (including phenoxy) is 1. The van der Waals surface area contributed by atoms with Gasteiger partial charge in [0.1, 0.15) is 5.82 Å². The molecule has 8 nitrogen and oxygen atoms in total. The smallest absolute Gasteiger partial charge is 0.407 e. The maximum Gasteiger partial charge on any atom is 0.407 e. The highest BCUT2D eigenvalue weighted by molar-refractivity contribution is 5.97. The van der Waals surface area contributed by atoms with Crippen LogP contribution in [0.15, 0.2) is 66.7 Å². The van der Waals surface area contributed by atoms with Gasteiger partial charge >= 0.3 is 12.1 Å². The van der Waals surface area contributed by atoms with Gasteiger partial charge in [-0.15, -0.1) is 0 Å². The Labute approximate surface area is 227 Å². The van der Waals surface area contributed by atoms with Crippen LogP contribution in [0.25, 0.3) is 11.1 Å². The summed E-state index contributed by atoms with van der Waals surface area (Å²) in [6.07, 6.45) is -0.901. The molecule has 0 unspecified atom stereocenters. The van der Waals surface area contributed by atoms with Gasteiger partial charge < -0.3 is 19.6 Å². The molecule has 0 aromatic heterocycles. The molecule has 204 valence electrons. The van der Waals surface area contributed by atoms with Crippen LogP contribution < -0.4 is 0 Å². The van der Waals surface area contributed by atoms with Gasteiger partial charge in [0.05, 0.1) is 12.7 Å². The van der Waals surface area contributed by atoms with Crippen molar-refractivity contribution >= 4 is 18.0 Å². The second-order valence-electron chi connectivity index (χ2n) is 9.81. The zero-order valence-electron chi connectivity index (χ0n) is 22.3. The molecular formula is C30H32FN3O5. The van der Waals surface area contributed by atoms with Crippen molar-refractivity contribution in [3.63, 3.8) is 0 Å². The molecular weight excluding hydrogens is 501 g/mol. The topological polar surface area (TPSA) is 90.4 Å². The fraction of sp³-hybridized carbons (Fsp3) is 0.300. The first-order valence-corrected chi connectivity index (χ1v) is 12.7. The highest BCUT2D eigenvalue weighted by Gasteiger charge is 2.27. The van der Waals surface area contributed by atoms with Crippen molar-refractivity contribution in [3.8, 4) is 11.1 Å². The van der Waals surface area contributed by atoms with Gasteiger partial charge in [-0.1, -0.05) is 30.3 Å². The third kappa shape index (κ3) is 6.61. The molecule has 1 N–H and O–H groups in total. The molecule has 2 amide bonds. The number of hydrogen-bond donors (Lipinski definition) is 1. The van der Waals surface area contributed by atoms with Crippen LogP contribution in [-0.4, -0.2) is 77.6 Å². The number of amides is 2. The summed E-state index contributed by atoms with van der Waals surface area (Å²) >= 11 is 0. The summed E-state index contributed by atoms with van der Waals surface area (Å²) in [5.41, 5.74) is 3.57. The normalized spacial score (nSPS) is 15.6. The Morgan fingerprint density at radius 2 is 1.74 bits per heavy atom. The van der Waals surface area contributed by atoms with E-state index in [-0.39, 0.29) is 24.3 Å². The number of halogens is 1. The van der Waals surface area contributed by atoms with E-state index in [4.69, 9.17) is 4.74 Å². The summed E-state index contributed by atoms with van der Waals surface area (Å²) in [5.74, 6) is -1.15. The molecule has 1 saturated heterocycles. The Morgan fingerprint density at radius 1 is 1.00 bits per heavy atom. The van der Waals surface area contributed by atoms with Crippen molar-refractivity contribution < 1.29 is 28.6 Å². The Bertz CT molecular complexity index is 1380. The SMILES string of the molecule is COC(=O)c1cccc(C(=O)N(C)Cc2ccc(F)c(-c3cccc(CN4CCN(C(=O)O)[C@@H](C)C4)c3)c2)c1. The Kier molecular flexibility index (Phi) is 8.61. The van der Waals surface area contributed by atoms with E-state index in [1.807, 2.05) is 31.2 Å². The number of carbonyl (C=O) groups excluding carboxylic acids is 2. The minimum absolute atomic E-state index is 0.101. The van der Waals surface area contributed by atoms with E-state index in [2.05, 4.69) is 4.90 Å². The zero-order chi connectivity index (χ0) is 28.1. The lowest BCUT2D eigenvalue weighted by atomic mass is 9.99. The molecule has 3 aromatic rings. The van der Waals surface area contributed by atoms with Crippen molar-refractivity contribution in [3.05, 3.63) is 94.8 Å². The zero-order valence-corrected chi connectivity index (χ0v) is 22.3. The van der Waals surface area contributed by atoms with E-state index < -0.39 is 12.1 Å². The fourth-order valence-corrected chi connectivity index (χ4v) is 4.91. The molecule has 9 heteroatoms. The Hall–Kier alpha value is -4.24. The molecule has 0 spiro atoms. The largest absolute Gasteiger partial charge is 0.465 e. The number of carbonyl (C=O) groups is 3. The molecule has 1 fully saturated rings. The van der Waals surface area contributed by atoms with Crippen LogP contribution >= 0.6 is 0 Å². The molecule has 0 aliphatic carbocycles. The molecule has 3 aromatic carbocycles. The number of methoxy groups -OCH3 is 1. The second kappa shape index (κ2) is 12.1. The van der Waals surface area contributed by atoms with Crippen LogP contribution in [0.5, 0.6) is 0 Å². The van der Waals surface area contributed by atoms with E-state index in [0.717, 1.165) is 16.7 Å². The van der Waals surface area contributed by atoms with Crippen molar-refractivity contribution in [1.29, 1.82) is 0 Å². The first kappa shape index (κ1) is 27.8. The lowest BCUT2D eigenvalue weighted by Crippen LogP contribution is -2.53. The van der Waals surface area contributed by atoms with Crippen molar-refractivity contribution in [1.82, 2.24) is 14.7 Å². The van der Waals surface area contributed by atoms with E-state index in [1.165, 1.54) is 29.0 Å². The lowest BCUT2D eigenvalue weighted by molar-refractivity contribution is 0.0600. The highest BCUT2D eigenvalue weighted by atomic mass is 19.1. The second-order valence-corrected chi connectivity index (χ2v) is 9.81. The predicted octanol–water partition coefficient (Wildman–Crippen LogP) is 4.74. The standard InChI is InChI=1S/C30H32FN3O5/c1-20-17-33(12-13-34(20)30(37)38)19-21-6-4-7-23(14-21)26-15-22(10-11-27(26)31)18-32(2)28(35)24-8-5-9-25(16-24)29(36)39-3/h4-11,14-16,20H,12-13,17-19H2,1-3H3,(H,37,38)/t20-/m0/s1. The number of benzene rings is 3. The van der Waals surface area contributed by atoms with Gasteiger partial charge in [-0.2, -0.15) is 0 Å². The van der Waals surface area contributed by atoms with Crippen LogP contribution in [0.3, 0.4) is 0 Å². The predicted molar refractivity (Wildman–Crippen MR) is 145 cm³/mol. The molecule has 0 radical (unpaired) electrons. The van der Waals surface area contributed by atoms with Gasteiger partial charge in [-0.3, -0.25) is 9.69 Å². The minimum Gasteiger partial charge on any atom is -0.465 e. The third-order valence-corrected chi connectivity index (χ3v) is 6.93. The van der Waals surface area contributed by atoms with E-state index in [1.54, 1.807) is 37.4 Å². The average molecular weight is 534 g/mol. The van der Waals surface area contributed by atoms with Gasteiger partial charge in [0.15, 0.2) is 0 Å². The highest BCUT2D eigenvalue weighted by Crippen LogP contribution is 2.26. The maximum absolute atomic E-state index is 14.9. The van der Waals surface area contributed by atoms with Gasteiger partial charge in [0, 0.05) is 56.9 Å². The van der Waals surface area contributed by atoms with Gasteiger partial charge in [-0.25, -0.2) is 14.0 Å². The van der Waals surface area contributed by atoms with Crippen LogP contribution in [0.4, 0.5) is 9.18 Å². The number of rotatable bonds is 7. The van der Waals surface area contributed by atoms with Gasteiger partial charge in [-0.05, 0) is 60.0 Å². The van der Waals surface area contributed by atoms with E-state index >= 15 is 0 Å². The van der Waals surface area contributed by atoms with E-state index in [0.29, 0.717) is 42.9 Å². The number of esters is 1. The average Bonchev–Trinajstić information content (AvgIpc) is 2.93. The first-order valence-electron chi connectivity index (χ1n) is 12.7. The molecule has 1 atom stereocenters. The van der Waals surface area contributed by atoms with Crippen molar-refractivity contribution in [2.24, 2.45) is 0 Å². The van der Waals surface area contributed by atoms with Crippen LogP contribution in [0.2, 0.25) is 0 Å².